The van der Waals surface area contributed by atoms with Crippen LogP contribution in [-0.4, -0.2) is 10.6 Å². The Labute approximate surface area is 136 Å². The number of carbonyl (C=O) groups is 1. The number of benzene rings is 2. The summed E-state index contributed by atoms with van der Waals surface area (Å²) >= 11 is 0. The van der Waals surface area contributed by atoms with Crippen molar-refractivity contribution in [3.63, 3.8) is 0 Å². The predicted octanol–water partition coefficient (Wildman–Crippen LogP) is 3.79. The molecule has 0 spiro atoms. The van der Waals surface area contributed by atoms with Crippen LogP contribution in [0.3, 0.4) is 0 Å². The number of fused-ring (bicyclic) bond motifs is 1. The van der Waals surface area contributed by atoms with Crippen molar-refractivity contribution in [3.05, 3.63) is 58.8 Å². The van der Waals surface area contributed by atoms with E-state index in [2.05, 4.69) is 10.6 Å². The summed E-state index contributed by atoms with van der Waals surface area (Å²) in [4.78, 5) is 23.8. The molecular weight excluding hydrogens is 313 g/mol. The number of amides is 2. The maximum atomic E-state index is 13.5. The van der Waals surface area contributed by atoms with Gasteiger partial charge in [-0.3, -0.25) is 4.57 Å². The number of aromatic nitrogens is 1. The number of oxazole rings is 1. The Bertz CT molecular complexity index is 946. The minimum atomic E-state index is -0.588. The Morgan fingerprint density at radius 1 is 1.21 bits per heavy atom. The molecular formula is C17H16FN3O3. The molecule has 2 aromatic carbocycles. The standard InChI is InChI=1S/C17H16FN3O3/c1-2-9-21-14-8-7-11(10-15(14)24-17(21)23)19-16(22)20-13-6-4-3-5-12(13)18/h3-8,10H,2,9H2,1H3,(H2,19,20,22). The first kappa shape index (κ1) is 15.8. The Balaban J connectivity index is 1.79. The highest BCUT2D eigenvalue weighted by Crippen LogP contribution is 2.19. The molecule has 3 aromatic rings. The SMILES string of the molecule is CCCn1c(=O)oc2cc(NC(=O)Nc3ccccc3F)ccc21. The van der Waals surface area contributed by atoms with Crippen molar-refractivity contribution in [2.24, 2.45) is 0 Å². The van der Waals surface area contributed by atoms with Gasteiger partial charge in [0, 0.05) is 18.3 Å². The Hall–Kier alpha value is -3.09. The smallest absolute Gasteiger partial charge is 0.408 e. The van der Waals surface area contributed by atoms with Crippen LogP contribution in [0.2, 0.25) is 0 Å². The van der Waals surface area contributed by atoms with Crippen molar-refractivity contribution in [2.75, 3.05) is 10.6 Å². The normalized spacial score (nSPS) is 10.8. The van der Waals surface area contributed by atoms with Gasteiger partial charge in [-0.2, -0.15) is 0 Å². The number of rotatable bonds is 4. The van der Waals surface area contributed by atoms with E-state index in [0.29, 0.717) is 23.3 Å². The van der Waals surface area contributed by atoms with Gasteiger partial charge in [0.05, 0.1) is 11.2 Å². The van der Waals surface area contributed by atoms with E-state index in [9.17, 15) is 14.0 Å². The number of aryl methyl sites for hydroxylation is 1. The van der Waals surface area contributed by atoms with E-state index in [1.54, 1.807) is 28.8 Å². The van der Waals surface area contributed by atoms with Crippen LogP contribution in [0.1, 0.15) is 13.3 Å². The Morgan fingerprint density at radius 2 is 2.00 bits per heavy atom. The van der Waals surface area contributed by atoms with Crippen LogP contribution in [0.5, 0.6) is 0 Å². The van der Waals surface area contributed by atoms with E-state index in [0.717, 1.165) is 6.42 Å². The number of hydrogen-bond donors (Lipinski definition) is 2. The molecule has 0 saturated heterocycles. The van der Waals surface area contributed by atoms with Crippen molar-refractivity contribution >= 4 is 28.5 Å². The number of nitrogens with zero attached hydrogens (tertiary/aromatic N) is 1. The van der Waals surface area contributed by atoms with Gasteiger partial charge in [0.25, 0.3) is 0 Å². The second-order valence-corrected chi connectivity index (χ2v) is 5.26. The lowest BCUT2D eigenvalue weighted by atomic mass is 10.2. The van der Waals surface area contributed by atoms with Crippen molar-refractivity contribution in [1.82, 2.24) is 4.57 Å². The molecule has 2 N–H and O–H groups in total. The molecule has 0 atom stereocenters. The fraction of sp³-hybridized carbons (Fsp3) is 0.176. The lowest BCUT2D eigenvalue weighted by Crippen LogP contribution is -2.20. The summed E-state index contributed by atoms with van der Waals surface area (Å²) in [7, 11) is 0. The van der Waals surface area contributed by atoms with E-state index in [1.807, 2.05) is 6.92 Å². The third-order valence-corrected chi connectivity index (χ3v) is 3.50. The summed E-state index contributed by atoms with van der Waals surface area (Å²) in [5.41, 5.74) is 1.57. The fourth-order valence-corrected chi connectivity index (χ4v) is 2.43. The van der Waals surface area contributed by atoms with E-state index >= 15 is 0 Å². The van der Waals surface area contributed by atoms with Gasteiger partial charge < -0.3 is 15.1 Å². The largest absolute Gasteiger partial charge is 0.419 e. The molecule has 0 aliphatic rings. The van der Waals surface area contributed by atoms with Gasteiger partial charge in [-0.1, -0.05) is 19.1 Å². The number of hydrogen-bond acceptors (Lipinski definition) is 3. The average Bonchev–Trinajstić information content (AvgIpc) is 2.85. The summed E-state index contributed by atoms with van der Waals surface area (Å²) in [5, 5.41) is 5.00. The summed E-state index contributed by atoms with van der Waals surface area (Å²) in [5.74, 6) is -0.953. The van der Waals surface area contributed by atoms with E-state index in [1.165, 1.54) is 18.2 Å². The van der Waals surface area contributed by atoms with Crippen molar-refractivity contribution in [2.45, 2.75) is 19.9 Å². The molecule has 0 radical (unpaired) electrons. The van der Waals surface area contributed by atoms with Crippen molar-refractivity contribution in [3.8, 4) is 0 Å². The first-order valence-corrected chi connectivity index (χ1v) is 7.54. The molecule has 0 fully saturated rings. The van der Waals surface area contributed by atoms with E-state index in [4.69, 9.17) is 4.42 Å². The van der Waals surface area contributed by atoms with Crippen molar-refractivity contribution < 1.29 is 13.6 Å². The quantitative estimate of drug-likeness (QED) is 0.764. The van der Waals surface area contributed by atoms with Crippen LogP contribution >= 0.6 is 0 Å². The molecule has 1 heterocycles. The van der Waals surface area contributed by atoms with Crippen LogP contribution in [0.4, 0.5) is 20.6 Å². The first-order valence-electron chi connectivity index (χ1n) is 7.54. The van der Waals surface area contributed by atoms with Gasteiger partial charge in [0.15, 0.2) is 5.58 Å². The maximum Gasteiger partial charge on any atom is 0.419 e. The molecule has 6 nitrogen and oxygen atoms in total. The number of anilines is 2. The monoisotopic (exact) mass is 329 g/mol. The zero-order valence-corrected chi connectivity index (χ0v) is 13.0. The number of halogens is 1. The Kier molecular flexibility index (Phi) is 4.33. The molecule has 2 amide bonds. The van der Waals surface area contributed by atoms with Crippen LogP contribution in [0.15, 0.2) is 51.7 Å². The lowest BCUT2D eigenvalue weighted by molar-refractivity contribution is 0.262. The minimum absolute atomic E-state index is 0.0803. The second kappa shape index (κ2) is 6.57. The molecule has 0 aliphatic carbocycles. The summed E-state index contributed by atoms with van der Waals surface area (Å²) in [6.07, 6.45) is 0.805. The molecule has 0 aliphatic heterocycles. The summed E-state index contributed by atoms with van der Waals surface area (Å²) < 4.78 is 20.2. The summed E-state index contributed by atoms with van der Waals surface area (Å²) in [6, 6.07) is 10.2. The van der Waals surface area contributed by atoms with Crippen LogP contribution < -0.4 is 16.4 Å². The maximum absolute atomic E-state index is 13.5. The molecule has 1 aromatic heterocycles. The second-order valence-electron chi connectivity index (χ2n) is 5.26. The third kappa shape index (κ3) is 3.15. The van der Waals surface area contributed by atoms with Gasteiger partial charge in [0.2, 0.25) is 0 Å². The molecule has 0 unspecified atom stereocenters. The molecule has 24 heavy (non-hydrogen) atoms. The van der Waals surface area contributed by atoms with E-state index in [-0.39, 0.29) is 5.69 Å². The van der Waals surface area contributed by atoms with Crippen LogP contribution in [0.25, 0.3) is 11.1 Å². The van der Waals surface area contributed by atoms with Gasteiger partial charge in [-0.15, -0.1) is 0 Å². The number of carbonyl (C=O) groups excluding carboxylic acids is 1. The number of nitrogens with one attached hydrogen (secondary N) is 2. The highest BCUT2D eigenvalue weighted by atomic mass is 19.1. The highest BCUT2D eigenvalue weighted by Gasteiger charge is 2.11. The predicted molar refractivity (Wildman–Crippen MR) is 89.8 cm³/mol. The third-order valence-electron chi connectivity index (χ3n) is 3.50. The van der Waals surface area contributed by atoms with Gasteiger partial charge in [-0.25, -0.2) is 14.0 Å². The molecule has 124 valence electrons. The zero-order valence-electron chi connectivity index (χ0n) is 13.0. The van der Waals surface area contributed by atoms with Gasteiger partial charge >= 0.3 is 11.8 Å². The van der Waals surface area contributed by atoms with Gasteiger partial charge in [0.1, 0.15) is 5.82 Å². The zero-order chi connectivity index (χ0) is 17.1. The number of urea groups is 1. The fourth-order valence-electron chi connectivity index (χ4n) is 2.43. The first-order chi connectivity index (χ1) is 11.6. The Morgan fingerprint density at radius 3 is 2.75 bits per heavy atom. The highest BCUT2D eigenvalue weighted by molar-refractivity contribution is 6.00. The minimum Gasteiger partial charge on any atom is -0.408 e. The lowest BCUT2D eigenvalue weighted by Gasteiger charge is -2.08. The molecule has 0 saturated carbocycles. The van der Waals surface area contributed by atoms with Gasteiger partial charge in [-0.05, 0) is 30.7 Å². The molecule has 7 heteroatoms. The average molecular weight is 329 g/mol. The number of para-hydroxylation sites is 1. The molecule has 0 bridgehead atoms. The van der Waals surface area contributed by atoms with Crippen LogP contribution in [-0.2, 0) is 6.54 Å². The topological polar surface area (TPSA) is 76.3 Å². The van der Waals surface area contributed by atoms with Crippen molar-refractivity contribution in [1.29, 1.82) is 0 Å². The van der Waals surface area contributed by atoms with E-state index < -0.39 is 17.6 Å². The molecule has 3 rings (SSSR count). The summed E-state index contributed by atoms with van der Waals surface area (Å²) in [6.45, 7) is 2.53. The van der Waals surface area contributed by atoms with Crippen LogP contribution in [0, 0.1) is 5.82 Å².